The third-order valence-corrected chi connectivity index (χ3v) is 5.29. The minimum absolute atomic E-state index is 0.177. The lowest BCUT2D eigenvalue weighted by Gasteiger charge is -2.15. The van der Waals surface area contributed by atoms with Crippen LogP contribution < -0.4 is 0 Å². The lowest BCUT2D eigenvalue weighted by molar-refractivity contribution is -0.141. The molecule has 1 aliphatic rings. The number of likely N-dealkylation sites (tertiary alicyclic amines) is 1. The van der Waals surface area contributed by atoms with Gasteiger partial charge in [-0.15, -0.1) is 0 Å². The molecule has 1 saturated heterocycles. The second kappa shape index (κ2) is 7.48. The van der Waals surface area contributed by atoms with Crippen molar-refractivity contribution in [3.8, 4) is 5.69 Å². The van der Waals surface area contributed by atoms with Gasteiger partial charge in [0.2, 0.25) is 0 Å². The van der Waals surface area contributed by atoms with Gasteiger partial charge in [-0.25, -0.2) is 4.68 Å². The predicted molar refractivity (Wildman–Crippen MR) is 105 cm³/mol. The lowest BCUT2D eigenvalue weighted by Crippen LogP contribution is -2.29. The molecule has 1 aromatic heterocycles. The van der Waals surface area contributed by atoms with Crippen LogP contribution in [0.15, 0.2) is 67.0 Å². The molecule has 7 heteroatoms. The summed E-state index contributed by atoms with van der Waals surface area (Å²) in [7, 11) is 0. The number of carboxylic acids is 1. The van der Waals surface area contributed by atoms with Gasteiger partial charge in [-0.2, -0.15) is 5.10 Å². The van der Waals surface area contributed by atoms with Gasteiger partial charge in [0, 0.05) is 30.2 Å². The fourth-order valence-corrected chi connectivity index (χ4v) is 3.82. The van der Waals surface area contributed by atoms with Crippen molar-refractivity contribution in [2.24, 2.45) is 5.92 Å². The van der Waals surface area contributed by atoms with E-state index in [4.69, 9.17) is 11.6 Å². The minimum Gasteiger partial charge on any atom is -0.481 e. The summed E-state index contributed by atoms with van der Waals surface area (Å²) in [6.45, 7) is 0.540. The zero-order chi connectivity index (χ0) is 19.7. The van der Waals surface area contributed by atoms with E-state index in [9.17, 15) is 14.7 Å². The van der Waals surface area contributed by atoms with Gasteiger partial charge in [0.25, 0.3) is 5.91 Å². The highest BCUT2D eigenvalue weighted by Gasteiger charge is 2.40. The van der Waals surface area contributed by atoms with Gasteiger partial charge in [0.15, 0.2) is 0 Å². The van der Waals surface area contributed by atoms with Crippen molar-refractivity contribution in [2.75, 3.05) is 13.1 Å². The fraction of sp³-hybridized carbons (Fsp3) is 0.190. The highest BCUT2D eigenvalue weighted by atomic mass is 35.5. The Kier molecular flexibility index (Phi) is 4.88. The van der Waals surface area contributed by atoms with Gasteiger partial charge in [-0.05, 0) is 23.8 Å². The summed E-state index contributed by atoms with van der Waals surface area (Å²) in [6.07, 6.45) is 3.13. The number of benzene rings is 2. The van der Waals surface area contributed by atoms with Crippen LogP contribution in [0.1, 0.15) is 21.8 Å². The quantitative estimate of drug-likeness (QED) is 0.734. The molecule has 0 unspecified atom stereocenters. The van der Waals surface area contributed by atoms with E-state index in [1.54, 1.807) is 27.9 Å². The molecule has 0 spiro atoms. The van der Waals surface area contributed by atoms with E-state index in [-0.39, 0.29) is 18.4 Å². The van der Waals surface area contributed by atoms with Crippen molar-refractivity contribution >= 4 is 23.5 Å². The number of carboxylic acid groups (broad SMARTS) is 1. The van der Waals surface area contributed by atoms with Crippen LogP contribution in [0.5, 0.6) is 0 Å². The highest BCUT2D eigenvalue weighted by Crippen LogP contribution is 2.33. The second-order valence-corrected chi connectivity index (χ2v) is 7.26. The molecule has 142 valence electrons. The van der Waals surface area contributed by atoms with Gasteiger partial charge in [0.05, 0.1) is 23.4 Å². The number of hydrogen-bond donors (Lipinski definition) is 1. The molecule has 1 fully saturated rings. The average Bonchev–Trinajstić information content (AvgIpc) is 3.36. The summed E-state index contributed by atoms with van der Waals surface area (Å²) in [5.41, 5.74) is 2.09. The Bertz CT molecular complexity index is 1020. The number of rotatable bonds is 4. The number of carbonyl (C=O) groups excluding carboxylic acids is 1. The molecule has 0 radical (unpaired) electrons. The minimum atomic E-state index is -0.890. The lowest BCUT2D eigenvalue weighted by atomic mass is 9.89. The van der Waals surface area contributed by atoms with Crippen LogP contribution in [0.4, 0.5) is 0 Å². The number of nitrogens with zero attached hydrogens (tertiary/aromatic N) is 3. The Morgan fingerprint density at radius 3 is 2.57 bits per heavy atom. The SMILES string of the molecule is O=C(O)[C@@H]1CN(C(=O)c2cnn(-c3cccc(Cl)c3)c2)C[C@H]1c1ccccc1. The summed E-state index contributed by atoms with van der Waals surface area (Å²) in [4.78, 5) is 26.3. The molecule has 2 aromatic carbocycles. The van der Waals surface area contributed by atoms with Gasteiger partial charge in [-0.1, -0.05) is 48.0 Å². The first-order valence-electron chi connectivity index (χ1n) is 8.90. The molecule has 0 aliphatic carbocycles. The molecule has 0 saturated carbocycles. The van der Waals surface area contributed by atoms with Crippen molar-refractivity contribution < 1.29 is 14.7 Å². The first-order valence-corrected chi connectivity index (χ1v) is 9.28. The molecule has 3 aromatic rings. The summed E-state index contributed by atoms with van der Waals surface area (Å²) >= 11 is 6.02. The molecule has 1 N–H and O–H groups in total. The molecule has 2 heterocycles. The number of aliphatic carboxylic acids is 1. The van der Waals surface area contributed by atoms with Crippen LogP contribution in [0.25, 0.3) is 5.69 Å². The van der Waals surface area contributed by atoms with E-state index in [0.29, 0.717) is 17.1 Å². The highest BCUT2D eigenvalue weighted by molar-refractivity contribution is 6.30. The number of hydrogen-bond acceptors (Lipinski definition) is 3. The molecule has 4 rings (SSSR count). The van der Waals surface area contributed by atoms with E-state index in [2.05, 4.69) is 5.10 Å². The van der Waals surface area contributed by atoms with Crippen LogP contribution in [-0.4, -0.2) is 44.8 Å². The number of halogens is 1. The van der Waals surface area contributed by atoms with E-state index >= 15 is 0 Å². The van der Waals surface area contributed by atoms with Crippen molar-refractivity contribution in [3.63, 3.8) is 0 Å². The average molecular weight is 396 g/mol. The Balaban J connectivity index is 1.56. The monoisotopic (exact) mass is 395 g/mol. The van der Waals surface area contributed by atoms with Gasteiger partial charge < -0.3 is 10.0 Å². The van der Waals surface area contributed by atoms with Crippen molar-refractivity contribution in [1.29, 1.82) is 0 Å². The summed E-state index contributed by atoms with van der Waals surface area (Å²) in [5.74, 6) is -1.98. The fourth-order valence-electron chi connectivity index (χ4n) is 3.63. The van der Waals surface area contributed by atoms with Gasteiger partial charge in [0.1, 0.15) is 0 Å². The summed E-state index contributed by atoms with van der Waals surface area (Å²) in [6, 6.07) is 16.6. The zero-order valence-electron chi connectivity index (χ0n) is 14.9. The first-order chi connectivity index (χ1) is 13.5. The maximum atomic E-state index is 13.0. The number of aromatic nitrogens is 2. The molecule has 2 atom stereocenters. The first kappa shape index (κ1) is 18.3. The van der Waals surface area contributed by atoms with E-state index in [1.165, 1.54) is 6.20 Å². The van der Waals surface area contributed by atoms with Gasteiger partial charge in [-0.3, -0.25) is 9.59 Å². The maximum Gasteiger partial charge on any atom is 0.308 e. The standard InChI is InChI=1S/C21H18ClN3O3/c22-16-7-4-8-17(9-16)25-11-15(10-23-25)20(26)24-12-18(19(13-24)21(27)28)14-5-2-1-3-6-14/h1-11,18-19H,12-13H2,(H,27,28)/t18-,19+/m0/s1. The Morgan fingerprint density at radius 2 is 1.86 bits per heavy atom. The summed E-state index contributed by atoms with van der Waals surface area (Å²) < 4.78 is 1.58. The third kappa shape index (κ3) is 3.51. The molecular formula is C21H18ClN3O3. The van der Waals surface area contributed by atoms with Crippen LogP contribution in [0.2, 0.25) is 5.02 Å². The van der Waals surface area contributed by atoms with Crippen molar-refractivity contribution in [2.45, 2.75) is 5.92 Å². The predicted octanol–water partition coefficient (Wildman–Crippen LogP) is 3.47. The molecule has 6 nitrogen and oxygen atoms in total. The molecule has 1 amide bonds. The smallest absolute Gasteiger partial charge is 0.308 e. The van der Waals surface area contributed by atoms with Crippen LogP contribution in [0.3, 0.4) is 0 Å². The third-order valence-electron chi connectivity index (χ3n) is 5.05. The van der Waals surface area contributed by atoms with E-state index in [1.807, 2.05) is 42.5 Å². The Morgan fingerprint density at radius 1 is 1.07 bits per heavy atom. The maximum absolute atomic E-state index is 13.0. The molecule has 1 aliphatic heterocycles. The van der Waals surface area contributed by atoms with Crippen LogP contribution >= 0.6 is 11.6 Å². The molecule has 28 heavy (non-hydrogen) atoms. The number of carbonyl (C=O) groups is 2. The summed E-state index contributed by atoms with van der Waals surface area (Å²) in [5, 5.41) is 14.5. The van der Waals surface area contributed by atoms with Crippen LogP contribution in [0, 0.1) is 5.92 Å². The molecule has 0 bridgehead atoms. The van der Waals surface area contributed by atoms with Crippen molar-refractivity contribution in [1.82, 2.24) is 14.7 Å². The van der Waals surface area contributed by atoms with E-state index < -0.39 is 11.9 Å². The van der Waals surface area contributed by atoms with Gasteiger partial charge >= 0.3 is 5.97 Å². The Hall–Kier alpha value is -3.12. The van der Waals surface area contributed by atoms with E-state index in [0.717, 1.165) is 11.3 Å². The topological polar surface area (TPSA) is 75.4 Å². The second-order valence-electron chi connectivity index (χ2n) is 6.83. The number of amides is 1. The Labute approximate surface area is 167 Å². The zero-order valence-corrected chi connectivity index (χ0v) is 15.7. The largest absolute Gasteiger partial charge is 0.481 e. The van der Waals surface area contributed by atoms with Crippen LogP contribution in [-0.2, 0) is 4.79 Å². The normalized spacial score (nSPS) is 19.0. The molecular weight excluding hydrogens is 378 g/mol. The van der Waals surface area contributed by atoms with Crippen molar-refractivity contribution in [3.05, 3.63) is 83.1 Å².